The van der Waals surface area contributed by atoms with Crippen LogP contribution in [0, 0.1) is 11.3 Å². The van der Waals surface area contributed by atoms with Gasteiger partial charge in [-0.2, -0.15) is 0 Å². The Kier molecular flexibility index (Phi) is 5.82. The van der Waals surface area contributed by atoms with E-state index in [4.69, 9.17) is 14.9 Å². The van der Waals surface area contributed by atoms with Gasteiger partial charge in [0.2, 0.25) is 0 Å². The van der Waals surface area contributed by atoms with E-state index < -0.39 is 0 Å². The number of hydrogen-bond acceptors (Lipinski definition) is 7. The molecule has 3 aliphatic heterocycles. The van der Waals surface area contributed by atoms with Crippen LogP contribution in [0.4, 0.5) is 11.4 Å². The van der Waals surface area contributed by atoms with E-state index in [0.717, 1.165) is 42.7 Å². The Balaban J connectivity index is 1.69. The molecule has 1 unspecified atom stereocenters. The lowest BCUT2D eigenvalue weighted by molar-refractivity contribution is -0.112. The minimum Gasteiger partial charge on any atom is -0.487 e. The van der Waals surface area contributed by atoms with Crippen LogP contribution in [0.2, 0.25) is 0 Å². The van der Waals surface area contributed by atoms with E-state index in [1.54, 1.807) is 18.5 Å². The molecule has 3 heterocycles. The summed E-state index contributed by atoms with van der Waals surface area (Å²) in [6.07, 6.45) is 6.79. The van der Waals surface area contributed by atoms with Gasteiger partial charge in [-0.1, -0.05) is 13.8 Å². The Hall–Kier alpha value is -3.13. The number of nitrogens with one attached hydrogen (secondary N) is 3. The summed E-state index contributed by atoms with van der Waals surface area (Å²) in [7, 11) is 0. The zero-order valence-corrected chi connectivity index (χ0v) is 18.2. The minimum absolute atomic E-state index is 0.164. The van der Waals surface area contributed by atoms with Crippen LogP contribution in [0.25, 0.3) is 0 Å². The van der Waals surface area contributed by atoms with Crippen molar-refractivity contribution < 1.29 is 14.3 Å². The summed E-state index contributed by atoms with van der Waals surface area (Å²) in [6, 6.07) is 4.04. The average Bonchev–Trinajstić information content (AvgIpc) is 3.11. The fourth-order valence-corrected chi connectivity index (χ4v) is 3.90. The smallest absolute Gasteiger partial charge is 0.261 e. The third-order valence-corrected chi connectivity index (χ3v) is 6.13. The predicted octanol–water partition coefficient (Wildman–Crippen LogP) is 2.86. The maximum absolute atomic E-state index is 13.1. The van der Waals surface area contributed by atoms with E-state index in [-0.39, 0.29) is 17.1 Å². The molecule has 1 fully saturated rings. The first kappa shape index (κ1) is 21.1. The van der Waals surface area contributed by atoms with Gasteiger partial charge in [0, 0.05) is 49.8 Å². The SMILES string of the molecule is CC(C)C1(C)Cc2cc(NC(=O)/C(C=N)=C3\N=CC=CN3)c(N3CCOCC3)cc2O1. The molecule has 3 aliphatic rings. The molecule has 0 radical (unpaired) electrons. The molecule has 8 nitrogen and oxygen atoms in total. The average molecular weight is 424 g/mol. The molecule has 1 amide bonds. The van der Waals surface area contributed by atoms with Gasteiger partial charge in [0.05, 0.1) is 30.2 Å². The summed E-state index contributed by atoms with van der Waals surface area (Å²) in [5, 5.41) is 13.7. The van der Waals surface area contributed by atoms with Crippen molar-refractivity contribution in [3.8, 4) is 5.75 Å². The van der Waals surface area contributed by atoms with Gasteiger partial charge < -0.3 is 30.4 Å². The van der Waals surface area contributed by atoms with Crippen LogP contribution in [0.15, 0.2) is 40.8 Å². The largest absolute Gasteiger partial charge is 0.487 e. The fraction of sp³-hybridized carbons (Fsp3) is 0.435. The molecular weight excluding hydrogens is 394 g/mol. The van der Waals surface area contributed by atoms with Crippen LogP contribution in [0.1, 0.15) is 26.3 Å². The number of nitrogens with zero attached hydrogens (tertiary/aromatic N) is 2. The Bertz CT molecular complexity index is 976. The monoisotopic (exact) mass is 423 g/mol. The van der Waals surface area contributed by atoms with Crippen LogP contribution >= 0.6 is 0 Å². The molecule has 1 saturated heterocycles. The van der Waals surface area contributed by atoms with Crippen LogP contribution in [-0.4, -0.2) is 50.2 Å². The highest BCUT2D eigenvalue weighted by Gasteiger charge is 2.38. The van der Waals surface area contributed by atoms with Crippen LogP contribution in [0.3, 0.4) is 0 Å². The number of aliphatic imine (C=N–C) groups is 1. The van der Waals surface area contributed by atoms with Gasteiger partial charge in [-0.25, -0.2) is 4.99 Å². The number of fused-ring (bicyclic) bond motifs is 1. The molecule has 1 atom stereocenters. The molecule has 0 spiro atoms. The van der Waals surface area contributed by atoms with Crippen molar-refractivity contribution in [3.63, 3.8) is 0 Å². The summed E-state index contributed by atoms with van der Waals surface area (Å²) in [6.45, 7) is 9.18. The second kappa shape index (κ2) is 8.55. The second-order valence-electron chi connectivity index (χ2n) is 8.47. The number of ether oxygens (including phenoxy) is 2. The summed E-state index contributed by atoms with van der Waals surface area (Å²) in [4.78, 5) is 19.4. The zero-order chi connectivity index (χ0) is 22.0. The Morgan fingerprint density at radius 2 is 2.13 bits per heavy atom. The topological polar surface area (TPSA) is 99.0 Å². The van der Waals surface area contributed by atoms with Crippen molar-refractivity contribution in [1.82, 2.24) is 5.32 Å². The van der Waals surface area contributed by atoms with E-state index in [1.807, 2.05) is 12.1 Å². The first-order valence-electron chi connectivity index (χ1n) is 10.6. The van der Waals surface area contributed by atoms with Gasteiger partial charge in [-0.3, -0.25) is 4.79 Å². The van der Waals surface area contributed by atoms with Crippen molar-refractivity contribution in [2.24, 2.45) is 10.9 Å². The molecule has 4 rings (SSSR count). The number of carbonyl (C=O) groups is 1. The maximum atomic E-state index is 13.1. The first-order valence-corrected chi connectivity index (χ1v) is 10.6. The van der Waals surface area contributed by atoms with Crippen molar-refractivity contribution in [2.75, 3.05) is 36.5 Å². The highest BCUT2D eigenvalue weighted by Crippen LogP contribution is 2.44. The lowest BCUT2D eigenvalue weighted by atomic mass is 9.88. The van der Waals surface area contributed by atoms with Gasteiger partial charge in [0.25, 0.3) is 5.91 Å². The van der Waals surface area contributed by atoms with E-state index >= 15 is 0 Å². The van der Waals surface area contributed by atoms with E-state index in [0.29, 0.717) is 30.6 Å². The number of morpholine rings is 1. The van der Waals surface area contributed by atoms with E-state index in [9.17, 15) is 4.79 Å². The Morgan fingerprint density at radius 1 is 1.35 bits per heavy atom. The molecule has 3 N–H and O–H groups in total. The molecule has 8 heteroatoms. The molecule has 31 heavy (non-hydrogen) atoms. The van der Waals surface area contributed by atoms with Gasteiger partial charge in [0.1, 0.15) is 17.2 Å². The lowest BCUT2D eigenvalue weighted by Gasteiger charge is -2.31. The number of allylic oxidation sites excluding steroid dienone is 1. The van der Waals surface area contributed by atoms with Gasteiger partial charge in [-0.15, -0.1) is 0 Å². The summed E-state index contributed by atoms with van der Waals surface area (Å²) >= 11 is 0. The third kappa shape index (κ3) is 4.20. The normalized spacial score (nSPS) is 23.8. The molecule has 1 aromatic rings. The number of anilines is 2. The van der Waals surface area contributed by atoms with Gasteiger partial charge in [-0.05, 0) is 25.0 Å². The van der Waals surface area contributed by atoms with Crippen LogP contribution in [-0.2, 0) is 16.0 Å². The molecule has 0 aliphatic carbocycles. The molecule has 0 bridgehead atoms. The molecule has 1 aromatic carbocycles. The number of rotatable bonds is 5. The quantitative estimate of drug-likeness (QED) is 0.500. The maximum Gasteiger partial charge on any atom is 0.261 e. The summed E-state index contributed by atoms with van der Waals surface area (Å²) in [5.41, 5.74) is 2.57. The number of amides is 1. The number of hydrogen-bond donors (Lipinski definition) is 3. The minimum atomic E-state index is -0.384. The molecule has 0 saturated carbocycles. The lowest BCUT2D eigenvalue weighted by Crippen LogP contribution is -2.37. The van der Waals surface area contributed by atoms with E-state index in [2.05, 4.69) is 41.3 Å². The second-order valence-corrected chi connectivity index (χ2v) is 8.47. The molecule has 164 valence electrons. The van der Waals surface area contributed by atoms with Crippen molar-refractivity contribution >= 4 is 29.7 Å². The first-order chi connectivity index (χ1) is 14.9. The van der Waals surface area contributed by atoms with Crippen molar-refractivity contribution in [1.29, 1.82) is 5.41 Å². The molecular formula is C23H29N5O3. The molecule has 0 aromatic heterocycles. The third-order valence-electron chi connectivity index (χ3n) is 6.13. The fourth-order valence-electron chi connectivity index (χ4n) is 3.90. The summed E-state index contributed by atoms with van der Waals surface area (Å²) < 4.78 is 11.9. The van der Waals surface area contributed by atoms with Crippen LogP contribution in [0.5, 0.6) is 5.75 Å². The standard InChI is InChI=1S/C23H29N5O3/c1-15(2)23(3)13-16-11-18(19(12-20(16)31-23)28-7-9-30-10-8-28)27-22(29)17(14-24)21-25-5-4-6-26-21/h4-6,11-12,14-15,24-25H,7-10,13H2,1-3H3,(H,27,29)/b21-17-,24-14?. The highest BCUT2D eigenvalue weighted by molar-refractivity contribution is 6.18. The summed E-state index contributed by atoms with van der Waals surface area (Å²) in [5.74, 6) is 1.18. The highest BCUT2D eigenvalue weighted by atomic mass is 16.5. The number of carbonyl (C=O) groups excluding carboxylic acids is 1. The van der Waals surface area contributed by atoms with E-state index in [1.165, 1.54) is 0 Å². The van der Waals surface area contributed by atoms with Crippen molar-refractivity contribution in [2.45, 2.75) is 32.8 Å². The van der Waals surface area contributed by atoms with Crippen molar-refractivity contribution in [3.05, 3.63) is 41.4 Å². The zero-order valence-electron chi connectivity index (χ0n) is 18.2. The predicted molar refractivity (Wildman–Crippen MR) is 122 cm³/mol. The van der Waals surface area contributed by atoms with Crippen LogP contribution < -0.4 is 20.3 Å². The number of benzene rings is 1. The Morgan fingerprint density at radius 3 is 2.77 bits per heavy atom. The van der Waals surface area contributed by atoms with Gasteiger partial charge in [0.15, 0.2) is 0 Å². The Labute approximate surface area is 182 Å². The van der Waals surface area contributed by atoms with Gasteiger partial charge >= 0.3 is 0 Å².